The van der Waals surface area contributed by atoms with Crippen molar-refractivity contribution in [2.45, 2.75) is 44.3 Å². The van der Waals surface area contributed by atoms with Gasteiger partial charge in [-0.3, -0.25) is 19.9 Å². The van der Waals surface area contributed by atoms with Gasteiger partial charge in [0.25, 0.3) is 0 Å². The highest BCUT2D eigenvalue weighted by Crippen LogP contribution is 2.27. The standard InChI is InChI=1S/C14H17N2.C13H15N2O2.C13H15N2.C13H13N2/c1-16-11-7-14(8-12-16)4-2-3-13-5-9-15-10-6-13;1-15-8-4-11(5-9-15)13(17)12(16)10-2-6-14-7-3-10;2*1-15-10-6-13(7-11-15)3-2-12-4-8-14-9-5-12/h5-12H,2-4H2,1H3;2-9,12-13,16-17H,1H3;4-11H,2-3H2,1H3;2-11H,1H3/q4*+1/b;;;3-2+. The van der Waals surface area contributed by atoms with E-state index >= 15 is 0 Å². The number of hydrogen-bond acceptors (Lipinski definition) is 6. The second-order valence-corrected chi connectivity index (χ2v) is 15.2. The quantitative estimate of drug-likeness (QED) is 0.136. The molecule has 10 heteroatoms. The summed E-state index contributed by atoms with van der Waals surface area (Å²) in [5, 5.41) is 20.1. The number of rotatable bonds is 12. The first-order valence-electron chi connectivity index (χ1n) is 21.1. The van der Waals surface area contributed by atoms with Gasteiger partial charge in [-0.25, -0.2) is 18.3 Å². The molecule has 0 amide bonds. The van der Waals surface area contributed by atoms with Crippen molar-refractivity contribution >= 4 is 12.2 Å². The van der Waals surface area contributed by atoms with E-state index in [2.05, 4.69) is 127 Å². The van der Waals surface area contributed by atoms with E-state index in [-0.39, 0.29) is 0 Å². The summed E-state index contributed by atoms with van der Waals surface area (Å²) in [4.78, 5) is 15.9. The van der Waals surface area contributed by atoms with Crippen LogP contribution >= 0.6 is 0 Å². The van der Waals surface area contributed by atoms with Crippen LogP contribution in [0.1, 0.15) is 63.1 Å². The Hall–Kier alpha value is -7.14. The van der Waals surface area contributed by atoms with Gasteiger partial charge in [0.05, 0.1) is 0 Å². The van der Waals surface area contributed by atoms with Gasteiger partial charge in [-0.1, -0.05) is 12.2 Å². The topological polar surface area (TPSA) is 108 Å². The first-order chi connectivity index (χ1) is 30.7. The molecule has 0 saturated carbocycles. The molecule has 8 aromatic heterocycles. The molecule has 0 radical (unpaired) electrons. The van der Waals surface area contributed by atoms with Gasteiger partial charge < -0.3 is 10.2 Å². The Morgan fingerprint density at radius 2 is 0.651 bits per heavy atom. The third kappa shape index (κ3) is 17.8. The molecule has 0 fully saturated rings. The molecule has 0 spiro atoms. The van der Waals surface area contributed by atoms with Crippen molar-refractivity contribution in [3.63, 3.8) is 0 Å². The van der Waals surface area contributed by atoms with Crippen molar-refractivity contribution in [1.29, 1.82) is 0 Å². The van der Waals surface area contributed by atoms with Crippen LogP contribution in [-0.4, -0.2) is 30.1 Å². The zero-order chi connectivity index (χ0) is 44.5. The Labute approximate surface area is 372 Å². The Bertz CT molecular complexity index is 2460. The van der Waals surface area contributed by atoms with Crippen LogP contribution in [0.25, 0.3) is 12.2 Å². The third-order valence-corrected chi connectivity index (χ3v) is 10.1. The Morgan fingerprint density at radius 3 is 1.08 bits per heavy atom. The van der Waals surface area contributed by atoms with Crippen molar-refractivity contribution in [1.82, 2.24) is 19.9 Å². The van der Waals surface area contributed by atoms with Gasteiger partial charge in [-0.2, -0.15) is 0 Å². The lowest BCUT2D eigenvalue weighted by molar-refractivity contribution is -0.671. The first kappa shape index (κ1) is 46.9. The van der Waals surface area contributed by atoms with Crippen molar-refractivity contribution in [2.24, 2.45) is 28.2 Å². The molecule has 0 aliphatic carbocycles. The summed E-state index contributed by atoms with van der Waals surface area (Å²) in [5.41, 5.74) is 9.21. The fourth-order valence-electron chi connectivity index (χ4n) is 6.21. The van der Waals surface area contributed by atoms with Crippen LogP contribution in [-0.2, 0) is 53.9 Å². The van der Waals surface area contributed by atoms with Crippen molar-refractivity contribution in [3.05, 3.63) is 241 Å². The highest BCUT2D eigenvalue weighted by molar-refractivity contribution is 5.68. The molecule has 63 heavy (non-hydrogen) atoms. The van der Waals surface area contributed by atoms with Crippen LogP contribution in [0.4, 0.5) is 0 Å². The van der Waals surface area contributed by atoms with E-state index in [0.29, 0.717) is 11.1 Å². The molecule has 8 rings (SSSR count). The number of pyridine rings is 8. The fraction of sp³-hybridized carbons (Fsp3) is 0.208. The van der Waals surface area contributed by atoms with E-state index in [1.54, 1.807) is 49.1 Å². The zero-order valence-corrected chi connectivity index (χ0v) is 36.8. The number of aryl methyl sites for hydroxylation is 8. The normalized spacial score (nSPS) is 11.5. The number of aromatic nitrogens is 8. The van der Waals surface area contributed by atoms with E-state index in [9.17, 15) is 10.2 Å². The summed E-state index contributed by atoms with van der Waals surface area (Å²) in [6.07, 6.45) is 38.2. The summed E-state index contributed by atoms with van der Waals surface area (Å²) in [5.74, 6) is 0. The van der Waals surface area contributed by atoms with Gasteiger partial charge in [-0.15, -0.1) is 0 Å². The highest BCUT2D eigenvalue weighted by atomic mass is 16.3. The average molecular weight is 841 g/mol. The molecular weight excluding hydrogens is 781 g/mol. The van der Waals surface area contributed by atoms with Crippen LogP contribution in [0.3, 0.4) is 0 Å². The molecule has 8 heterocycles. The van der Waals surface area contributed by atoms with E-state index < -0.39 is 12.2 Å². The fourth-order valence-corrected chi connectivity index (χ4v) is 6.21. The summed E-state index contributed by atoms with van der Waals surface area (Å²) >= 11 is 0. The Kier molecular flexibility index (Phi) is 19.6. The molecule has 2 N–H and O–H groups in total. The van der Waals surface area contributed by atoms with Gasteiger partial charge in [0.2, 0.25) is 0 Å². The summed E-state index contributed by atoms with van der Waals surface area (Å²) in [6.45, 7) is 0. The van der Waals surface area contributed by atoms with Crippen LogP contribution in [0.5, 0.6) is 0 Å². The summed E-state index contributed by atoms with van der Waals surface area (Å²) in [6, 6.07) is 32.1. The van der Waals surface area contributed by atoms with Gasteiger partial charge in [0.15, 0.2) is 49.6 Å². The number of nitrogens with zero attached hydrogens (tertiary/aromatic N) is 8. The first-order valence-corrected chi connectivity index (χ1v) is 21.1. The van der Waals surface area contributed by atoms with E-state index in [4.69, 9.17) is 0 Å². The highest BCUT2D eigenvalue weighted by Gasteiger charge is 2.20. The summed E-state index contributed by atoms with van der Waals surface area (Å²) < 4.78 is 8.00. The lowest BCUT2D eigenvalue weighted by Crippen LogP contribution is -2.26. The minimum absolute atomic E-state index is 0.653. The molecule has 0 aliphatic heterocycles. The minimum Gasteiger partial charge on any atom is -0.385 e. The van der Waals surface area contributed by atoms with E-state index in [1.807, 2.05) is 99.0 Å². The van der Waals surface area contributed by atoms with Crippen molar-refractivity contribution < 1.29 is 28.5 Å². The molecule has 10 nitrogen and oxygen atoms in total. The smallest absolute Gasteiger partial charge is 0.169 e. The maximum absolute atomic E-state index is 10.1. The maximum atomic E-state index is 10.1. The molecule has 0 aromatic carbocycles. The van der Waals surface area contributed by atoms with Crippen LogP contribution in [0.15, 0.2) is 196 Å². The lowest BCUT2D eigenvalue weighted by atomic mass is 10.0. The maximum Gasteiger partial charge on any atom is 0.169 e. The predicted molar refractivity (Wildman–Crippen MR) is 246 cm³/mol. The lowest BCUT2D eigenvalue weighted by Gasteiger charge is -2.17. The van der Waals surface area contributed by atoms with Gasteiger partial charge in [0, 0.05) is 98.1 Å². The number of hydrogen-bond donors (Lipinski definition) is 2. The zero-order valence-electron chi connectivity index (χ0n) is 36.8. The van der Waals surface area contributed by atoms with Crippen LogP contribution in [0.2, 0.25) is 0 Å². The molecule has 0 aliphatic rings. The average Bonchev–Trinajstić information content (AvgIpc) is 3.33. The Balaban J connectivity index is 0.000000159. The summed E-state index contributed by atoms with van der Waals surface area (Å²) in [7, 11) is 7.99. The largest absolute Gasteiger partial charge is 0.385 e. The molecule has 8 aromatic rings. The van der Waals surface area contributed by atoms with Crippen LogP contribution < -0.4 is 18.3 Å². The number of aliphatic hydroxyl groups is 2. The monoisotopic (exact) mass is 840 g/mol. The van der Waals surface area contributed by atoms with E-state index in [0.717, 1.165) is 25.7 Å². The predicted octanol–water partition coefficient (Wildman–Crippen LogP) is 6.52. The number of aliphatic hydroxyl groups excluding tert-OH is 2. The molecule has 320 valence electrons. The van der Waals surface area contributed by atoms with Gasteiger partial charge in [-0.05, 0) is 125 Å². The second kappa shape index (κ2) is 26.3. The molecule has 0 bridgehead atoms. The van der Waals surface area contributed by atoms with Crippen molar-refractivity contribution in [3.8, 4) is 0 Å². The molecular formula is C53H60N8O2+4. The van der Waals surface area contributed by atoms with E-state index in [1.165, 1.54) is 39.8 Å². The molecule has 2 atom stereocenters. The molecule has 0 saturated heterocycles. The van der Waals surface area contributed by atoms with Crippen LogP contribution in [0, 0.1) is 0 Å². The third-order valence-electron chi connectivity index (χ3n) is 10.1. The Morgan fingerprint density at radius 1 is 0.365 bits per heavy atom. The van der Waals surface area contributed by atoms with Gasteiger partial charge >= 0.3 is 0 Å². The van der Waals surface area contributed by atoms with Gasteiger partial charge in [0.1, 0.15) is 40.4 Å². The van der Waals surface area contributed by atoms with Crippen molar-refractivity contribution in [2.75, 3.05) is 0 Å². The molecule has 2 unspecified atom stereocenters. The minimum atomic E-state index is -0.939. The SMILES string of the molecule is C[n+]1ccc(/C=C/c2ccncc2)cc1.C[n+]1ccc(C(O)C(O)c2ccncc2)cc1.C[n+]1ccc(CCCc2ccncc2)cc1.C[n+]1ccc(CCc2ccncc2)cc1. The second-order valence-electron chi connectivity index (χ2n) is 15.2.